The van der Waals surface area contributed by atoms with Crippen LogP contribution in [0, 0.1) is 3.57 Å². The minimum absolute atomic E-state index is 0.0400. The first-order chi connectivity index (χ1) is 7.18. The molecule has 3 nitrogen and oxygen atoms in total. The Hall–Kier alpha value is -0.140. The first kappa shape index (κ1) is 11.3. The zero-order valence-electron chi connectivity index (χ0n) is 7.87. The van der Waals surface area contributed by atoms with Gasteiger partial charge in [-0.25, -0.2) is 0 Å². The largest absolute Gasteiger partial charge is 0.359 e. The molecule has 0 unspecified atom stereocenters. The summed E-state index contributed by atoms with van der Waals surface area (Å²) in [5, 5.41) is 0. The van der Waals surface area contributed by atoms with E-state index in [1.54, 1.807) is 4.90 Å². The SMILES string of the molecule is O=C(c1cc(Br)ccc1I)N1CCOC1. The fraction of sp³-hybridized carbons (Fsp3) is 0.300. The molecular weight excluding hydrogens is 373 g/mol. The van der Waals surface area contributed by atoms with Crippen molar-refractivity contribution >= 4 is 44.4 Å². The number of rotatable bonds is 1. The topological polar surface area (TPSA) is 29.5 Å². The molecule has 1 saturated heterocycles. The summed E-state index contributed by atoms with van der Waals surface area (Å²) in [5.74, 6) is 0.0400. The Kier molecular flexibility index (Phi) is 3.63. The molecule has 15 heavy (non-hydrogen) atoms. The van der Waals surface area contributed by atoms with E-state index >= 15 is 0 Å². The highest BCUT2D eigenvalue weighted by atomic mass is 127. The van der Waals surface area contributed by atoms with Crippen molar-refractivity contribution in [3.63, 3.8) is 0 Å². The molecule has 5 heteroatoms. The molecule has 0 bridgehead atoms. The minimum atomic E-state index is 0.0400. The van der Waals surface area contributed by atoms with Crippen LogP contribution in [0.1, 0.15) is 10.4 Å². The van der Waals surface area contributed by atoms with Crippen LogP contribution in [0.5, 0.6) is 0 Å². The van der Waals surface area contributed by atoms with Crippen LogP contribution in [0.25, 0.3) is 0 Å². The van der Waals surface area contributed by atoms with Crippen molar-refractivity contribution in [2.45, 2.75) is 0 Å². The Labute approximate surface area is 110 Å². The zero-order chi connectivity index (χ0) is 10.8. The lowest BCUT2D eigenvalue weighted by atomic mass is 10.2. The average Bonchev–Trinajstić information content (AvgIpc) is 2.74. The Morgan fingerprint density at radius 1 is 1.53 bits per heavy atom. The number of carbonyl (C=O) groups is 1. The first-order valence-electron chi connectivity index (χ1n) is 4.50. The van der Waals surface area contributed by atoms with Crippen LogP contribution in [0.4, 0.5) is 0 Å². The average molecular weight is 382 g/mol. The van der Waals surface area contributed by atoms with Crippen molar-refractivity contribution in [2.24, 2.45) is 0 Å². The summed E-state index contributed by atoms with van der Waals surface area (Å²) in [6.45, 7) is 1.72. The van der Waals surface area contributed by atoms with Crippen LogP contribution in [-0.4, -0.2) is 30.7 Å². The molecule has 1 aromatic carbocycles. The van der Waals surface area contributed by atoms with Crippen molar-refractivity contribution in [2.75, 3.05) is 19.9 Å². The van der Waals surface area contributed by atoms with E-state index in [0.29, 0.717) is 19.9 Å². The van der Waals surface area contributed by atoms with Gasteiger partial charge in [-0.3, -0.25) is 4.79 Å². The van der Waals surface area contributed by atoms with Crippen LogP contribution in [-0.2, 0) is 4.74 Å². The Morgan fingerprint density at radius 2 is 2.33 bits per heavy atom. The third-order valence-corrected chi connectivity index (χ3v) is 3.63. The lowest BCUT2D eigenvalue weighted by Gasteiger charge is -2.14. The minimum Gasteiger partial charge on any atom is -0.359 e. The van der Waals surface area contributed by atoms with Gasteiger partial charge in [0.15, 0.2) is 0 Å². The lowest BCUT2D eigenvalue weighted by Crippen LogP contribution is -2.28. The van der Waals surface area contributed by atoms with Gasteiger partial charge in [0.2, 0.25) is 0 Å². The van der Waals surface area contributed by atoms with Crippen LogP contribution < -0.4 is 0 Å². The summed E-state index contributed by atoms with van der Waals surface area (Å²) < 4.78 is 7.05. The molecular formula is C10H9BrINO2. The van der Waals surface area contributed by atoms with Crippen molar-refractivity contribution in [1.82, 2.24) is 4.90 Å². The molecule has 1 aliphatic rings. The molecule has 0 atom stereocenters. The fourth-order valence-electron chi connectivity index (χ4n) is 1.41. The van der Waals surface area contributed by atoms with E-state index in [4.69, 9.17) is 4.74 Å². The number of hydrogen-bond donors (Lipinski definition) is 0. The third kappa shape index (κ3) is 2.51. The second-order valence-corrected chi connectivity index (χ2v) is 5.31. The molecule has 0 aliphatic carbocycles. The third-order valence-electron chi connectivity index (χ3n) is 2.20. The van der Waals surface area contributed by atoms with Gasteiger partial charge < -0.3 is 9.64 Å². The molecule has 0 spiro atoms. The van der Waals surface area contributed by atoms with E-state index in [9.17, 15) is 4.79 Å². The van der Waals surface area contributed by atoms with Gasteiger partial charge in [0.25, 0.3) is 5.91 Å². The molecule has 2 rings (SSSR count). The van der Waals surface area contributed by atoms with Gasteiger partial charge in [-0.1, -0.05) is 15.9 Å². The van der Waals surface area contributed by atoms with E-state index < -0.39 is 0 Å². The molecule has 1 aliphatic heterocycles. The van der Waals surface area contributed by atoms with Gasteiger partial charge in [0.1, 0.15) is 6.73 Å². The number of hydrogen-bond acceptors (Lipinski definition) is 2. The van der Waals surface area contributed by atoms with Crippen LogP contribution >= 0.6 is 38.5 Å². The molecule has 1 heterocycles. The summed E-state index contributed by atoms with van der Waals surface area (Å²) >= 11 is 5.54. The molecule has 0 saturated carbocycles. The second kappa shape index (κ2) is 4.80. The van der Waals surface area contributed by atoms with Crippen LogP contribution in [0.2, 0.25) is 0 Å². The Balaban J connectivity index is 2.27. The fourth-order valence-corrected chi connectivity index (χ4v) is 2.33. The van der Waals surface area contributed by atoms with Gasteiger partial charge in [-0.05, 0) is 40.8 Å². The quantitative estimate of drug-likeness (QED) is 0.699. The molecule has 0 N–H and O–H groups in total. The normalized spacial score (nSPS) is 15.7. The van der Waals surface area contributed by atoms with E-state index in [2.05, 4.69) is 38.5 Å². The monoisotopic (exact) mass is 381 g/mol. The van der Waals surface area contributed by atoms with Gasteiger partial charge in [0.05, 0.1) is 12.2 Å². The standard InChI is InChI=1S/C10H9BrINO2/c11-7-1-2-9(12)8(5-7)10(14)13-3-4-15-6-13/h1-2,5H,3-4,6H2. The summed E-state index contributed by atoms with van der Waals surface area (Å²) in [4.78, 5) is 13.8. The number of ether oxygens (including phenoxy) is 1. The maximum Gasteiger partial charge on any atom is 0.256 e. The van der Waals surface area contributed by atoms with Crippen LogP contribution in [0.15, 0.2) is 22.7 Å². The number of amides is 1. The van der Waals surface area contributed by atoms with Gasteiger partial charge in [-0.2, -0.15) is 0 Å². The van der Waals surface area contributed by atoms with Gasteiger partial charge >= 0.3 is 0 Å². The summed E-state index contributed by atoms with van der Waals surface area (Å²) in [5.41, 5.74) is 0.732. The van der Waals surface area contributed by atoms with Gasteiger partial charge in [0, 0.05) is 14.6 Å². The smallest absolute Gasteiger partial charge is 0.256 e. The van der Waals surface area contributed by atoms with Crippen molar-refractivity contribution in [1.29, 1.82) is 0 Å². The summed E-state index contributed by atoms with van der Waals surface area (Å²) in [6.07, 6.45) is 0. The summed E-state index contributed by atoms with van der Waals surface area (Å²) in [7, 11) is 0. The maximum absolute atomic E-state index is 12.0. The highest BCUT2D eigenvalue weighted by molar-refractivity contribution is 14.1. The highest BCUT2D eigenvalue weighted by Gasteiger charge is 2.21. The number of halogens is 2. The van der Waals surface area contributed by atoms with E-state index in [1.165, 1.54) is 0 Å². The Bertz CT molecular complexity index is 391. The molecule has 80 valence electrons. The number of nitrogens with zero attached hydrogens (tertiary/aromatic N) is 1. The van der Waals surface area contributed by atoms with Crippen molar-refractivity contribution < 1.29 is 9.53 Å². The molecule has 1 aromatic rings. The van der Waals surface area contributed by atoms with E-state index in [-0.39, 0.29) is 5.91 Å². The zero-order valence-corrected chi connectivity index (χ0v) is 11.6. The molecule has 0 radical (unpaired) electrons. The predicted molar refractivity (Wildman–Crippen MR) is 68.7 cm³/mol. The number of benzene rings is 1. The Morgan fingerprint density at radius 3 is 3.00 bits per heavy atom. The molecule has 0 aromatic heterocycles. The summed E-state index contributed by atoms with van der Waals surface area (Å²) in [6, 6.07) is 5.70. The highest BCUT2D eigenvalue weighted by Crippen LogP contribution is 2.20. The number of carbonyl (C=O) groups excluding carboxylic acids is 1. The lowest BCUT2D eigenvalue weighted by molar-refractivity contribution is 0.0694. The van der Waals surface area contributed by atoms with Crippen molar-refractivity contribution in [3.8, 4) is 0 Å². The maximum atomic E-state index is 12.0. The first-order valence-corrected chi connectivity index (χ1v) is 6.38. The van der Waals surface area contributed by atoms with E-state index in [0.717, 1.165) is 13.6 Å². The van der Waals surface area contributed by atoms with Crippen molar-refractivity contribution in [3.05, 3.63) is 31.8 Å². The molecule has 1 amide bonds. The van der Waals surface area contributed by atoms with E-state index in [1.807, 2.05) is 18.2 Å². The molecule has 1 fully saturated rings. The van der Waals surface area contributed by atoms with Crippen LogP contribution in [0.3, 0.4) is 0 Å². The van der Waals surface area contributed by atoms with Gasteiger partial charge in [-0.15, -0.1) is 0 Å². The predicted octanol–water partition coefficient (Wildman–Crippen LogP) is 2.48. The second-order valence-electron chi connectivity index (χ2n) is 3.23.